The van der Waals surface area contributed by atoms with Crippen LogP contribution >= 0.6 is 23.2 Å². The largest absolute Gasteiger partial charge is 0.493 e. The standard InChI is InChI=1S/C19H14Cl2N2O5/c1-26-15-7-10(5-13(21)17(15)27-9-16(22)24)6-14-19(25)28-18(23-14)11-3-2-4-12(20)8-11/h2-8H,9H2,1H3,(H2,22,24). The van der Waals surface area contributed by atoms with Gasteiger partial charge in [0.05, 0.1) is 12.1 Å². The number of carbonyl (C=O) groups excluding carboxylic acids is 2. The molecule has 0 unspecified atom stereocenters. The van der Waals surface area contributed by atoms with Crippen LogP contribution < -0.4 is 15.2 Å². The summed E-state index contributed by atoms with van der Waals surface area (Å²) in [7, 11) is 1.42. The van der Waals surface area contributed by atoms with Crippen molar-refractivity contribution in [2.24, 2.45) is 10.7 Å². The molecule has 1 aliphatic heterocycles. The Morgan fingerprint density at radius 2 is 2.07 bits per heavy atom. The van der Waals surface area contributed by atoms with Gasteiger partial charge in [-0.1, -0.05) is 29.3 Å². The van der Waals surface area contributed by atoms with E-state index >= 15 is 0 Å². The zero-order chi connectivity index (χ0) is 20.3. The van der Waals surface area contributed by atoms with Gasteiger partial charge in [-0.3, -0.25) is 4.79 Å². The van der Waals surface area contributed by atoms with Crippen molar-refractivity contribution in [2.45, 2.75) is 0 Å². The minimum Gasteiger partial charge on any atom is -0.493 e. The number of aliphatic imine (C=N–C) groups is 1. The Hall–Kier alpha value is -3.03. The number of methoxy groups -OCH3 is 1. The van der Waals surface area contributed by atoms with Crippen LogP contribution in [0.4, 0.5) is 0 Å². The highest BCUT2D eigenvalue weighted by molar-refractivity contribution is 6.32. The predicted octanol–water partition coefficient (Wildman–Crippen LogP) is 3.21. The molecule has 1 heterocycles. The zero-order valence-electron chi connectivity index (χ0n) is 14.6. The number of hydrogen-bond acceptors (Lipinski definition) is 6. The molecule has 0 fully saturated rings. The van der Waals surface area contributed by atoms with E-state index in [0.717, 1.165) is 0 Å². The minimum absolute atomic E-state index is 0.0823. The van der Waals surface area contributed by atoms with E-state index in [0.29, 0.717) is 16.1 Å². The number of halogens is 2. The van der Waals surface area contributed by atoms with Gasteiger partial charge < -0.3 is 19.9 Å². The molecule has 28 heavy (non-hydrogen) atoms. The molecular formula is C19H14Cl2N2O5. The van der Waals surface area contributed by atoms with Crippen LogP contribution in [0.25, 0.3) is 6.08 Å². The van der Waals surface area contributed by atoms with Crippen molar-refractivity contribution < 1.29 is 23.8 Å². The molecule has 0 spiro atoms. The molecule has 0 atom stereocenters. The number of nitrogens with zero attached hydrogens (tertiary/aromatic N) is 1. The molecule has 0 bridgehead atoms. The molecule has 0 saturated carbocycles. The fraction of sp³-hybridized carbons (Fsp3) is 0.105. The third-order valence-corrected chi connectivity index (χ3v) is 4.12. The minimum atomic E-state index is -0.652. The lowest BCUT2D eigenvalue weighted by atomic mass is 10.1. The van der Waals surface area contributed by atoms with Gasteiger partial charge in [0.15, 0.2) is 23.8 Å². The summed E-state index contributed by atoms with van der Waals surface area (Å²) in [5.74, 6) is -0.675. The Labute approximate surface area is 170 Å². The molecular weight excluding hydrogens is 407 g/mol. The van der Waals surface area contributed by atoms with Crippen LogP contribution in [-0.2, 0) is 14.3 Å². The number of carbonyl (C=O) groups is 2. The van der Waals surface area contributed by atoms with E-state index in [-0.39, 0.29) is 34.7 Å². The molecule has 1 aliphatic rings. The van der Waals surface area contributed by atoms with Crippen molar-refractivity contribution in [1.82, 2.24) is 0 Å². The van der Waals surface area contributed by atoms with E-state index in [2.05, 4.69) is 4.99 Å². The number of esters is 1. The van der Waals surface area contributed by atoms with Gasteiger partial charge in [-0.25, -0.2) is 9.79 Å². The van der Waals surface area contributed by atoms with E-state index in [1.165, 1.54) is 19.3 Å². The lowest BCUT2D eigenvalue weighted by molar-refractivity contribution is -0.130. The number of hydrogen-bond donors (Lipinski definition) is 1. The molecule has 3 rings (SSSR count). The second-order valence-electron chi connectivity index (χ2n) is 5.64. The topological polar surface area (TPSA) is 100 Å². The van der Waals surface area contributed by atoms with Crippen molar-refractivity contribution in [2.75, 3.05) is 13.7 Å². The molecule has 144 valence electrons. The molecule has 9 heteroatoms. The molecule has 0 radical (unpaired) electrons. The molecule has 2 aromatic rings. The van der Waals surface area contributed by atoms with Crippen molar-refractivity contribution in [3.63, 3.8) is 0 Å². The summed E-state index contributed by atoms with van der Waals surface area (Å²) in [6, 6.07) is 9.91. The Morgan fingerprint density at radius 3 is 2.75 bits per heavy atom. The van der Waals surface area contributed by atoms with Gasteiger partial charge in [-0.05, 0) is 42.0 Å². The van der Waals surface area contributed by atoms with Gasteiger partial charge in [0.1, 0.15) is 0 Å². The van der Waals surface area contributed by atoms with Gasteiger partial charge in [-0.15, -0.1) is 0 Å². The fourth-order valence-electron chi connectivity index (χ4n) is 2.42. The monoisotopic (exact) mass is 420 g/mol. The average molecular weight is 421 g/mol. The number of cyclic esters (lactones) is 1. The van der Waals surface area contributed by atoms with Crippen molar-refractivity contribution in [3.8, 4) is 11.5 Å². The average Bonchev–Trinajstić information content (AvgIpc) is 3.01. The molecule has 2 N–H and O–H groups in total. The van der Waals surface area contributed by atoms with Crippen LogP contribution in [0.5, 0.6) is 11.5 Å². The van der Waals surface area contributed by atoms with Crippen LogP contribution in [0.1, 0.15) is 11.1 Å². The van der Waals surface area contributed by atoms with Crippen LogP contribution in [0.2, 0.25) is 10.0 Å². The summed E-state index contributed by atoms with van der Waals surface area (Å²) >= 11 is 12.2. The number of primary amides is 1. The maximum absolute atomic E-state index is 12.2. The van der Waals surface area contributed by atoms with Gasteiger partial charge in [-0.2, -0.15) is 0 Å². The highest BCUT2D eigenvalue weighted by atomic mass is 35.5. The van der Waals surface area contributed by atoms with Crippen LogP contribution in [0.3, 0.4) is 0 Å². The first-order valence-corrected chi connectivity index (χ1v) is 8.70. The van der Waals surface area contributed by atoms with Crippen LogP contribution in [0.15, 0.2) is 47.1 Å². The molecule has 0 aromatic heterocycles. The summed E-state index contributed by atoms with van der Waals surface area (Å²) in [5, 5.41) is 0.676. The normalized spacial score (nSPS) is 14.6. The summed E-state index contributed by atoms with van der Waals surface area (Å²) < 4.78 is 15.7. The number of nitrogens with two attached hydrogens (primary N) is 1. The number of rotatable bonds is 6. The fourth-order valence-corrected chi connectivity index (χ4v) is 2.88. The molecule has 7 nitrogen and oxygen atoms in total. The summed E-state index contributed by atoms with van der Waals surface area (Å²) in [6.45, 7) is -0.351. The molecule has 0 saturated heterocycles. The first-order valence-electron chi connectivity index (χ1n) is 7.94. The number of ether oxygens (including phenoxy) is 3. The van der Waals surface area contributed by atoms with Crippen molar-refractivity contribution in [1.29, 1.82) is 0 Å². The predicted molar refractivity (Wildman–Crippen MR) is 105 cm³/mol. The summed E-state index contributed by atoms with van der Waals surface area (Å²) in [4.78, 5) is 27.3. The van der Waals surface area contributed by atoms with E-state index in [1.807, 2.05) is 0 Å². The first-order chi connectivity index (χ1) is 13.4. The van der Waals surface area contributed by atoms with Crippen molar-refractivity contribution >= 4 is 47.1 Å². The van der Waals surface area contributed by atoms with Crippen LogP contribution in [-0.4, -0.2) is 31.5 Å². The highest BCUT2D eigenvalue weighted by Crippen LogP contribution is 2.37. The van der Waals surface area contributed by atoms with Gasteiger partial charge >= 0.3 is 5.97 Å². The Bertz CT molecular complexity index is 1020. The van der Waals surface area contributed by atoms with Gasteiger partial charge in [0.25, 0.3) is 5.91 Å². The second-order valence-corrected chi connectivity index (χ2v) is 6.48. The summed E-state index contributed by atoms with van der Waals surface area (Å²) in [5.41, 5.74) is 6.26. The van der Waals surface area contributed by atoms with E-state index in [4.69, 9.17) is 43.1 Å². The number of amides is 1. The van der Waals surface area contributed by atoms with E-state index < -0.39 is 11.9 Å². The van der Waals surface area contributed by atoms with E-state index in [9.17, 15) is 9.59 Å². The Kier molecular flexibility index (Phi) is 5.87. The number of benzene rings is 2. The maximum Gasteiger partial charge on any atom is 0.363 e. The quantitative estimate of drug-likeness (QED) is 0.570. The van der Waals surface area contributed by atoms with Crippen LogP contribution in [0, 0.1) is 0 Å². The lowest BCUT2D eigenvalue weighted by Crippen LogP contribution is -2.20. The smallest absolute Gasteiger partial charge is 0.363 e. The molecule has 2 aromatic carbocycles. The first kappa shape index (κ1) is 19.7. The molecule has 0 aliphatic carbocycles. The Balaban J connectivity index is 1.93. The highest BCUT2D eigenvalue weighted by Gasteiger charge is 2.24. The second kappa shape index (κ2) is 8.33. The van der Waals surface area contributed by atoms with Gasteiger partial charge in [0.2, 0.25) is 5.90 Å². The maximum atomic E-state index is 12.2. The lowest BCUT2D eigenvalue weighted by Gasteiger charge is -2.12. The Morgan fingerprint density at radius 1 is 1.29 bits per heavy atom. The third-order valence-electron chi connectivity index (χ3n) is 3.61. The third kappa shape index (κ3) is 4.44. The van der Waals surface area contributed by atoms with E-state index in [1.54, 1.807) is 30.3 Å². The van der Waals surface area contributed by atoms with Crippen molar-refractivity contribution in [3.05, 3.63) is 63.3 Å². The summed E-state index contributed by atoms with van der Waals surface area (Å²) in [6.07, 6.45) is 1.49. The SMILES string of the molecule is COc1cc(C=C2N=C(c3cccc(Cl)c3)OC2=O)cc(Cl)c1OCC(N)=O. The van der Waals surface area contributed by atoms with Gasteiger partial charge in [0, 0.05) is 10.6 Å². The zero-order valence-corrected chi connectivity index (χ0v) is 16.1. The molecule has 1 amide bonds.